The van der Waals surface area contributed by atoms with E-state index < -0.39 is 0 Å². The van der Waals surface area contributed by atoms with E-state index in [-0.39, 0.29) is 21.5 Å². The predicted octanol–water partition coefficient (Wildman–Crippen LogP) is 6.42. The number of fused-ring (bicyclic) bond motifs is 1. The molecule has 0 radical (unpaired) electrons. The highest BCUT2D eigenvalue weighted by molar-refractivity contribution is 6.41. The van der Waals surface area contributed by atoms with Gasteiger partial charge in [-0.25, -0.2) is 4.98 Å². The van der Waals surface area contributed by atoms with Crippen molar-refractivity contribution in [3.05, 3.63) is 81.7 Å². The first-order valence-electron chi connectivity index (χ1n) is 15.4. The number of nitrogens with one attached hydrogen (secondary N) is 1. The molecular weight excluding hydrogens is 627 g/mol. The number of aryl methyl sites for hydroxylation is 1. The number of rotatable bonds is 13. The summed E-state index contributed by atoms with van der Waals surface area (Å²) in [5.74, 6) is 1.06. The van der Waals surface area contributed by atoms with Crippen molar-refractivity contribution in [2.45, 2.75) is 32.7 Å². The molecule has 0 bridgehead atoms. The highest BCUT2D eigenvalue weighted by atomic mass is 35.5. The zero-order valence-corrected chi connectivity index (χ0v) is 27.6. The van der Waals surface area contributed by atoms with E-state index in [9.17, 15) is 9.59 Å². The number of pyridine rings is 1. The number of aromatic nitrogens is 3. The number of carbonyl (C=O) groups is 1. The van der Waals surface area contributed by atoms with E-state index in [1.165, 1.54) is 13.2 Å². The molecule has 2 aromatic carbocycles. The van der Waals surface area contributed by atoms with Crippen molar-refractivity contribution in [2.24, 2.45) is 0 Å². The van der Waals surface area contributed by atoms with E-state index in [1.807, 2.05) is 30.3 Å². The number of para-hydroxylation sites is 1. The van der Waals surface area contributed by atoms with E-state index >= 15 is 0 Å². The summed E-state index contributed by atoms with van der Waals surface area (Å²) in [7, 11) is 1.51. The first kappa shape index (κ1) is 33.2. The van der Waals surface area contributed by atoms with Gasteiger partial charge in [0.25, 0.3) is 5.56 Å². The lowest BCUT2D eigenvalue weighted by atomic mass is 10.0. The van der Waals surface area contributed by atoms with Crippen LogP contribution in [-0.2, 0) is 11.3 Å². The number of unbranched alkanes of at least 4 members (excludes halogenated alkanes) is 1. The van der Waals surface area contributed by atoms with Crippen LogP contribution in [0.1, 0.15) is 26.2 Å². The SMILES string of the molecule is C=CC(=O)N1CCN(CCCn2c(=O)c(-c3c(Cl)c(OC)cc(OCCCC)c3Cl)cc3cnc(Nc4ccccc4)nc32)CC1. The Morgan fingerprint density at radius 3 is 2.48 bits per heavy atom. The van der Waals surface area contributed by atoms with Crippen LogP contribution in [0.15, 0.2) is 66.1 Å². The van der Waals surface area contributed by atoms with E-state index in [0.717, 1.165) is 38.2 Å². The molecule has 4 aromatic rings. The van der Waals surface area contributed by atoms with Crippen molar-refractivity contribution in [3.8, 4) is 22.6 Å². The van der Waals surface area contributed by atoms with Crippen LogP contribution in [0.3, 0.4) is 0 Å². The van der Waals surface area contributed by atoms with Crippen LogP contribution in [0.2, 0.25) is 10.0 Å². The summed E-state index contributed by atoms with van der Waals surface area (Å²) < 4.78 is 13.2. The fraction of sp³-hybridized carbons (Fsp3) is 0.353. The van der Waals surface area contributed by atoms with Crippen LogP contribution < -0.4 is 20.3 Å². The minimum absolute atomic E-state index is 0.0529. The van der Waals surface area contributed by atoms with Crippen LogP contribution in [0.25, 0.3) is 22.2 Å². The Bertz CT molecular complexity index is 1760. The van der Waals surface area contributed by atoms with Gasteiger partial charge in [0.1, 0.15) is 17.1 Å². The van der Waals surface area contributed by atoms with Crippen molar-refractivity contribution in [1.29, 1.82) is 0 Å². The smallest absolute Gasteiger partial charge is 0.260 e. The fourth-order valence-corrected chi connectivity index (χ4v) is 6.12. The summed E-state index contributed by atoms with van der Waals surface area (Å²) in [5, 5.41) is 4.32. The number of methoxy groups -OCH3 is 1. The maximum absolute atomic E-state index is 14.4. The van der Waals surface area contributed by atoms with Crippen molar-refractivity contribution in [1.82, 2.24) is 24.3 Å². The zero-order valence-electron chi connectivity index (χ0n) is 26.1. The summed E-state index contributed by atoms with van der Waals surface area (Å²) in [4.78, 5) is 39.8. The quantitative estimate of drug-likeness (QED) is 0.129. The van der Waals surface area contributed by atoms with Gasteiger partial charge in [0.15, 0.2) is 0 Å². The number of benzene rings is 2. The number of piperazine rings is 1. The van der Waals surface area contributed by atoms with Gasteiger partial charge in [0.05, 0.1) is 29.3 Å². The minimum Gasteiger partial charge on any atom is -0.495 e. The Hall–Kier alpha value is -4.12. The number of ether oxygens (including phenoxy) is 2. The molecule has 1 N–H and O–H groups in total. The second-order valence-electron chi connectivity index (χ2n) is 11.0. The van der Waals surface area contributed by atoms with Crippen LogP contribution in [0.4, 0.5) is 11.6 Å². The molecule has 3 heterocycles. The molecule has 1 aliphatic heterocycles. The van der Waals surface area contributed by atoms with Gasteiger partial charge in [-0.3, -0.25) is 19.1 Å². The van der Waals surface area contributed by atoms with Crippen LogP contribution in [-0.4, -0.2) is 76.7 Å². The molecule has 0 atom stereocenters. The molecular formula is C34H38Cl2N6O4. The molecule has 242 valence electrons. The molecule has 1 saturated heterocycles. The molecule has 1 aliphatic rings. The van der Waals surface area contributed by atoms with Gasteiger partial charge in [-0.2, -0.15) is 4.98 Å². The maximum Gasteiger partial charge on any atom is 0.260 e. The second-order valence-corrected chi connectivity index (χ2v) is 11.7. The Kier molecular flexibility index (Phi) is 11.2. The Labute approximate surface area is 278 Å². The van der Waals surface area contributed by atoms with E-state index in [1.54, 1.807) is 27.8 Å². The lowest BCUT2D eigenvalue weighted by Crippen LogP contribution is -2.48. The Morgan fingerprint density at radius 1 is 1.04 bits per heavy atom. The molecule has 2 aromatic heterocycles. The number of carbonyl (C=O) groups excluding carboxylic acids is 1. The lowest BCUT2D eigenvalue weighted by Gasteiger charge is -2.34. The van der Waals surface area contributed by atoms with Crippen molar-refractivity contribution in [3.63, 3.8) is 0 Å². The fourth-order valence-electron chi connectivity index (χ4n) is 5.43. The monoisotopic (exact) mass is 664 g/mol. The molecule has 5 rings (SSSR count). The van der Waals surface area contributed by atoms with Gasteiger partial charge in [-0.15, -0.1) is 0 Å². The topological polar surface area (TPSA) is 102 Å². The standard InChI is InChI=1S/C34H38Cl2N6O4/c1-4-6-19-46-27-21-26(45-3)30(35)29(31(27)36)25-20-23-22-37-34(38-24-11-8-7-9-12-24)39-32(23)42(33(25)44)14-10-13-40-15-17-41(18-16-40)28(43)5-2/h5,7-9,11-12,20-22H,2,4,6,10,13-19H2,1,3H3,(H,37,38,39). The average Bonchev–Trinajstić information content (AvgIpc) is 3.07. The number of nitrogens with zero attached hydrogens (tertiary/aromatic N) is 5. The second kappa shape index (κ2) is 15.4. The van der Waals surface area contributed by atoms with Crippen LogP contribution in [0, 0.1) is 0 Å². The summed E-state index contributed by atoms with van der Waals surface area (Å²) in [6, 6.07) is 13.0. The number of hydrogen-bond donors (Lipinski definition) is 1. The van der Waals surface area contributed by atoms with E-state index in [0.29, 0.717) is 72.3 Å². The lowest BCUT2D eigenvalue weighted by molar-refractivity contribution is -0.127. The van der Waals surface area contributed by atoms with Gasteiger partial charge in [0, 0.05) is 61.6 Å². The molecule has 10 nitrogen and oxygen atoms in total. The van der Waals surface area contributed by atoms with Gasteiger partial charge in [-0.05, 0) is 43.7 Å². The average molecular weight is 666 g/mol. The molecule has 12 heteroatoms. The zero-order chi connectivity index (χ0) is 32.6. The first-order chi connectivity index (χ1) is 22.3. The molecule has 0 saturated carbocycles. The highest BCUT2D eigenvalue weighted by Crippen LogP contribution is 2.45. The van der Waals surface area contributed by atoms with Crippen LogP contribution >= 0.6 is 23.2 Å². The number of anilines is 2. The normalized spacial score (nSPS) is 13.5. The Morgan fingerprint density at radius 2 is 1.78 bits per heavy atom. The van der Waals surface area contributed by atoms with Gasteiger partial charge < -0.3 is 19.7 Å². The summed E-state index contributed by atoms with van der Waals surface area (Å²) >= 11 is 13.7. The molecule has 46 heavy (non-hydrogen) atoms. The third-order valence-electron chi connectivity index (χ3n) is 7.95. The number of halogens is 2. The molecule has 0 spiro atoms. The molecule has 1 amide bonds. The summed E-state index contributed by atoms with van der Waals surface area (Å²) in [6.45, 7) is 10.0. The van der Waals surface area contributed by atoms with Gasteiger partial charge in [0.2, 0.25) is 11.9 Å². The predicted molar refractivity (Wildman–Crippen MR) is 184 cm³/mol. The third-order valence-corrected chi connectivity index (χ3v) is 8.70. The van der Waals surface area contributed by atoms with Crippen molar-refractivity contribution < 1.29 is 14.3 Å². The summed E-state index contributed by atoms with van der Waals surface area (Å²) in [6.07, 6.45) is 5.50. The Balaban J connectivity index is 1.53. The number of amides is 1. The maximum atomic E-state index is 14.4. The van der Waals surface area contributed by atoms with Gasteiger partial charge >= 0.3 is 0 Å². The number of hydrogen-bond acceptors (Lipinski definition) is 8. The first-order valence-corrected chi connectivity index (χ1v) is 16.2. The van der Waals surface area contributed by atoms with Crippen molar-refractivity contribution in [2.75, 3.05) is 51.8 Å². The van der Waals surface area contributed by atoms with E-state index in [2.05, 4.69) is 28.7 Å². The molecule has 1 fully saturated rings. The summed E-state index contributed by atoms with van der Waals surface area (Å²) in [5.41, 5.74) is 1.65. The van der Waals surface area contributed by atoms with Crippen molar-refractivity contribution >= 4 is 51.8 Å². The highest BCUT2D eigenvalue weighted by Gasteiger charge is 2.24. The molecule has 0 aliphatic carbocycles. The van der Waals surface area contributed by atoms with E-state index in [4.69, 9.17) is 37.7 Å². The third kappa shape index (κ3) is 7.46. The van der Waals surface area contributed by atoms with Gasteiger partial charge in [-0.1, -0.05) is 61.3 Å². The minimum atomic E-state index is -0.296. The molecule has 0 unspecified atom stereocenters. The van der Waals surface area contributed by atoms with Crippen LogP contribution in [0.5, 0.6) is 11.5 Å². The largest absolute Gasteiger partial charge is 0.495 e.